The van der Waals surface area contributed by atoms with Crippen LogP contribution >= 0.6 is 34.8 Å². The van der Waals surface area contributed by atoms with Crippen LogP contribution in [-0.4, -0.2) is 4.92 Å². The van der Waals surface area contributed by atoms with E-state index in [9.17, 15) is 14.5 Å². The van der Waals surface area contributed by atoms with Gasteiger partial charge in [0.25, 0.3) is 5.69 Å². The summed E-state index contributed by atoms with van der Waals surface area (Å²) in [4.78, 5) is 10.1. The molecular formula is C13H7Cl3FNO2. The molecule has 0 spiro atoms. The van der Waals surface area contributed by atoms with Crippen LogP contribution in [0.4, 0.5) is 10.1 Å². The average molecular weight is 335 g/mol. The van der Waals surface area contributed by atoms with Crippen molar-refractivity contribution < 1.29 is 9.31 Å². The average Bonchev–Trinajstić information content (AvgIpc) is 2.38. The van der Waals surface area contributed by atoms with Crippen molar-refractivity contribution in [3.8, 4) is 0 Å². The second-order valence-corrected chi connectivity index (χ2v) is 5.74. The lowest BCUT2D eigenvalue weighted by Crippen LogP contribution is -2.13. The summed E-state index contributed by atoms with van der Waals surface area (Å²) in [7, 11) is 0. The number of halogens is 4. The van der Waals surface area contributed by atoms with Crippen LogP contribution < -0.4 is 0 Å². The first-order valence-electron chi connectivity index (χ1n) is 5.40. The molecule has 0 aliphatic rings. The number of benzene rings is 2. The van der Waals surface area contributed by atoms with Crippen molar-refractivity contribution in [1.29, 1.82) is 0 Å². The molecule has 2 rings (SSSR count). The normalized spacial score (nSPS) is 11.4. The molecule has 0 aliphatic carbocycles. The first-order chi connectivity index (χ1) is 9.32. The van der Waals surface area contributed by atoms with Crippen molar-refractivity contribution in [2.24, 2.45) is 0 Å². The molecule has 0 bridgehead atoms. The van der Waals surface area contributed by atoms with Gasteiger partial charge in [-0.25, -0.2) is 4.39 Å². The van der Waals surface area contributed by atoms with Crippen LogP contribution in [0.3, 0.4) is 0 Å². The lowest BCUT2D eigenvalue weighted by molar-refractivity contribution is -0.384. The third-order valence-electron chi connectivity index (χ3n) is 2.71. The number of nitro benzene ring substituents is 1. The Morgan fingerprint density at radius 1 is 1.10 bits per heavy atom. The Kier molecular flexibility index (Phi) is 4.18. The van der Waals surface area contributed by atoms with Gasteiger partial charge in [0.05, 0.1) is 9.95 Å². The highest BCUT2D eigenvalue weighted by Crippen LogP contribution is 2.44. The third-order valence-corrected chi connectivity index (χ3v) is 3.86. The van der Waals surface area contributed by atoms with Crippen molar-refractivity contribution >= 4 is 40.5 Å². The maximum Gasteiger partial charge on any atom is 0.270 e. The predicted molar refractivity (Wildman–Crippen MR) is 77.0 cm³/mol. The summed E-state index contributed by atoms with van der Waals surface area (Å²) in [6.07, 6.45) is 0. The van der Waals surface area contributed by atoms with Crippen LogP contribution in [0.15, 0.2) is 42.5 Å². The molecule has 0 aliphatic heterocycles. The number of non-ortho nitro benzene ring substituents is 1. The Morgan fingerprint density at radius 3 is 2.20 bits per heavy atom. The number of hydrogen-bond donors (Lipinski definition) is 0. The predicted octanol–water partition coefficient (Wildman–Crippen LogP) is 5.07. The third kappa shape index (κ3) is 2.87. The van der Waals surface area contributed by atoms with Crippen LogP contribution in [0.25, 0.3) is 0 Å². The molecule has 0 aromatic heterocycles. The van der Waals surface area contributed by atoms with Crippen molar-refractivity contribution in [2.75, 3.05) is 0 Å². The van der Waals surface area contributed by atoms with E-state index in [2.05, 4.69) is 0 Å². The minimum Gasteiger partial charge on any atom is -0.258 e. The van der Waals surface area contributed by atoms with Gasteiger partial charge in [0.1, 0.15) is 5.82 Å². The van der Waals surface area contributed by atoms with E-state index in [0.717, 1.165) is 0 Å². The second-order valence-electron chi connectivity index (χ2n) is 4.00. The van der Waals surface area contributed by atoms with Gasteiger partial charge in [0, 0.05) is 17.7 Å². The summed E-state index contributed by atoms with van der Waals surface area (Å²) in [5.74, 6) is -0.423. The Balaban J connectivity index is 2.48. The fourth-order valence-corrected chi connectivity index (χ4v) is 2.68. The van der Waals surface area contributed by atoms with E-state index < -0.39 is 15.1 Å². The monoisotopic (exact) mass is 333 g/mol. The molecule has 3 nitrogen and oxygen atoms in total. The number of nitro groups is 1. The zero-order chi connectivity index (χ0) is 14.9. The fraction of sp³-hybridized carbons (Fsp3) is 0.0769. The molecule has 0 atom stereocenters. The molecule has 0 saturated heterocycles. The summed E-state index contributed by atoms with van der Waals surface area (Å²) in [6, 6.07) is 9.08. The molecule has 104 valence electrons. The molecule has 0 saturated carbocycles. The molecule has 7 heteroatoms. The number of rotatable bonds is 3. The quantitative estimate of drug-likeness (QED) is 0.447. The summed E-state index contributed by atoms with van der Waals surface area (Å²) in [5, 5.41) is 10.7. The van der Waals surface area contributed by atoms with Crippen molar-refractivity contribution in [3.05, 3.63) is 74.5 Å². The summed E-state index contributed by atoms with van der Waals surface area (Å²) < 4.78 is 11.4. The van der Waals surface area contributed by atoms with Gasteiger partial charge < -0.3 is 0 Å². The summed E-state index contributed by atoms with van der Waals surface area (Å²) >= 11 is 18.5. The first-order valence-corrected chi connectivity index (χ1v) is 6.54. The van der Waals surface area contributed by atoms with E-state index in [4.69, 9.17) is 34.8 Å². The lowest BCUT2D eigenvalue weighted by Gasteiger charge is -2.21. The van der Waals surface area contributed by atoms with Gasteiger partial charge in [-0.05, 0) is 23.8 Å². The van der Waals surface area contributed by atoms with E-state index >= 15 is 0 Å². The molecule has 0 heterocycles. The topological polar surface area (TPSA) is 43.1 Å². The highest BCUT2D eigenvalue weighted by molar-refractivity contribution is 6.51. The van der Waals surface area contributed by atoms with Crippen molar-refractivity contribution in [2.45, 2.75) is 4.33 Å². The number of alkyl halides is 2. The molecule has 0 radical (unpaired) electrons. The van der Waals surface area contributed by atoms with E-state index in [0.29, 0.717) is 11.1 Å². The molecule has 0 amide bonds. The van der Waals surface area contributed by atoms with E-state index in [1.165, 1.54) is 42.5 Å². The summed E-state index contributed by atoms with van der Waals surface area (Å²) in [5.41, 5.74) is 0.541. The highest BCUT2D eigenvalue weighted by atomic mass is 35.5. The van der Waals surface area contributed by atoms with Gasteiger partial charge in [0.2, 0.25) is 0 Å². The van der Waals surface area contributed by atoms with Crippen LogP contribution in [0.5, 0.6) is 0 Å². The molecular weight excluding hydrogens is 328 g/mol. The molecule has 0 unspecified atom stereocenters. The SMILES string of the molecule is O=[N+]([O-])c1ccc(C(Cl)(Cl)c2ccc(F)cc2)c(Cl)c1. The second kappa shape index (κ2) is 5.56. The zero-order valence-electron chi connectivity index (χ0n) is 9.82. The molecule has 20 heavy (non-hydrogen) atoms. The van der Waals surface area contributed by atoms with Crippen molar-refractivity contribution in [3.63, 3.8) is 0 Å². The Hall–Kier alpha value is -1.36. The molecule has 2 aromatic carbocycles. The zero-order valence-corrected chi connectivity index (χ0v) is 12.1. The molecule has 0 fully saturated rings. The van der Waals surface area contributed by atoms with Crippen LogP contribution in [0.1, 0.15) is 11.1 Å². The van der Waals surface area contributed by atoms with Gasteiger partial charge in [-0.15, -0.1) is 0 Å². The van der Waals surface area contributed by atoms with E-state index in [1.54, 1.807) is 0 Å². The highest BCUT2D eigenvalue weighted by Gasteiger charge is 2.32. The van der Waals surface area contributed by atoms with Gasteiger partial charge in [-0.2, -0.15) is 0 Å². The minimum atomic E-state index is -1.53. The van der Waals surface area contributed by atoms with Gasteiger partial charge in [0.15, 0.2) is 4.33 Å². The van der Waals surface area contributed by atoms with Crippen molar-refractivity contribution in [1.82, 2.24) is 0 Å². The first kappa shape index (κ1) is 15.0. The van der Waals surface area contributed by atoms with Gasteiger partial charge >= 0.3 is 0 Å². The Bertz CT molecular complexity index is 659. The van der Waals surface area contributed by atoms with Gasteiger partial charge in [-0.1, -0.05) is 46.9 Å². The van der Waals surface area contributed by atoms with E-state index in [-0.39, 0.29) is 10.7 Å². The number of hydrogen-bond acceptors (Lipinski definition) is 2. The Morgan fingerprint density at radius 2 is 1.70 bits per heavy atom. The van der Waals surface area contributed by atoms with Crippen LogP contribution in [-0.2, 0) is 4.33 Å². The standard InChI is InChI=1S/C13H7Cl3FNO2/c14-12-7-10(18(19)20)5-6-11(12)13(15,16)8-1-3-9(17)4-2-8/h1-7H. The van der Waals surface area contributed by atoms with Crippen LogP contribution in [0.2, 0.25) is 5.02 Å². The number of nitrogens with zero attached hydrogens (tertiary/aromatic N) is 1. The van der Waals surface area contributed by atoms with Crippen LogP contribution in [0, 0.1) is 15.9 Å². The smallest absolute Gasteiger partial charge is 0.258 e. The molecule has 0 N–H and O–H groups in total. The maximum absolute atomic E-state index is 12.9. The minimum absolute atomic E-state index is 0.0634. The fourth-order valence-electron chi connectivity index (χ4n) is 1.69. The largest absolute Gasteiger partial charge is 0.270 e. The van der Waals surface area contributed by atoms with E-state index in [1.807, 2.05) is 0 Å². The molecule has 2 aromatic rings. The maximum atomic E-state index is 12.9. The Labute approximate surface area is 129 Å². The van der Waals surface area contributed by atoms with Gasteiger partial charge in [-0.3, -0.25) is 10.1 Å². The lowest BCUT2D eigenvalue weighted by atomic mass is 10.0. The summed E-state index contributed by atoms with van der Waals surface area (Å²) in [6.45, 7) is 0.